The minimum absolute atomic E-state index is 0. The zero-order valence-electron chi connectivity index (χ0n) is 7.78. The molecule has 0 bridgehead atoms. The molecule has 1 aliphatic heterocycles. The van der Waals surface area contributed by atoms with E-state index in [1.807, 2.05) is 0 Å². The Morgan fingerprint density at radius 2 is 1.60 bits per heavy atom. The van der Waals surface area contributed by atoms with Gasteiger partial charge >= 0.3 is 29.6 Å². The maximum atomic E-state index is 10.8. The van der Waals surface area contributed by atoms with Gasteiger partial charge in [0.15, 0.2) is 10.1 Å². The molecule has 1 heterocycles. The first-order valence-corrected chi connectivity index (χ1v) is 5.50. The van der Waals surface area contributed by atoms with Crippen molar-refractivity contribution in [3.05, 3.63) is 35.0 Å². The first-order chi connectivity index (χ1) is 6.42. The molecule has 0 aliphatic carbocycles. The van der Waals surface area contributed by atoms with E-state index >= 15 is 0 Å². The Bertz CT molecular complexity index is 564. The van der Waals surface area contributed by atoms with E-state index in [0.717, 1.165) is 0 Å². The summed E-state index contributed by atoms with van der Waals surface area (Å²) in [4.78, 5) is 7.30. The van der Waals surface area contributed by atoms with Crippen molar-refractivity contribution in [3.63, 3.8) is 0 Å². The number of hydrogen-bond donors (Lipinski definition) is 1. The SMILES string of the molecule is O=S(=O)([O-])C1(S)N=c2ccccc2=N1.[Na+]. The van der Waals surface area contributed by atoms with Gasteiger partial charge in [-0.15, -0.1) is 12.6 Å². The van der Waals surface area contributed by atoms with Crippen molar-refractivity contribution in [2.75, 3.05) is 0 Å². The van der Waals surface area contributed by atoms with Gasteiger partial charge in [0, 0.05) is 0 Å². The van der Waals surface area contributed by atoms with Crippen LogP contribution in [0.3, 0.4) is 0 Å². The van der Waals surface area contributed by atoms with Crippen LogP contribution in [0, 0.1) is 0 Å². The quantitative estimate of drug-likeness (QED) is 0.314. The molecule has 0 amide bonds. The molecule has 5 nitrogen and oxygen atoms in total. The number of fused-ring (bicyclic) bond motifs is 1. The first kappa shape index (κ1) is 13.1. The molecule has 1 aliphatic rings. The summed E-state index contributed by atoms with van der Waals surface area (Å²) < 4.78 is 30.2. The van der Waals surface area contributed by atoms with E-state index in [4.69, 9.17) is 0 Å². The van der Waals surface area contributed by atoms with Crippen LogP contribution in [-0.4, -0.2) is 17.3 Å². The van der Waals surface area contributed by atoms with Crippen LogP contribution in [0.25, 0.3) is 0 Å². The van der Waals surface area contributed by atoms with Gasteiger partial charge in [-0.1, -0.05) is 12.1 Å². The molecule has 2 rings (SSSR count). The second-order valence-electron chi connectivity index (χ2n) is 2.74. The third-order valence-electron chi connectivity index (χ3n) is 1.75. The van der Waals surface area contributed by atoms with Crippen molar-refractivity contribution in [1.29, 1.82) is 0 Å². The third kappa shape index (κ3) is 2.27. The topological polar surface area (TPSA) is 81.9 Å². The van der Waals surface area contributed by atoms with Crippen LogP contribution in [0.2, 0.25) is 0 Å². The Morgan fingerprint density at radius 3 is 1.93 bits per heavy atom. The minimum Gasteiger partial charge on any atom is -0.744 e. The smallest absolute Gasteiger partial charge is 0.744 e. The molecule has 0 unspecified atom stereocenters. The van der Waals surface area contributed by atoms with Crippen LogP contribution in [0.5, 0.6) is 0 Å². The van der Waals surface area contributed by atoms with Gasteiger partial charge in [-0.3, -0.25) is 0 Å². The Morgan fingerprint density at radius 1 is 1.20 bits per heavy atom. The third-order valence-corrected chi connectivity index (χ3v) is 3.47. The van der Waals surface area contributed by atoms with Crippen LogP contribution in [0.4, 0.5) is 0 Å². The van der Waals surface area contributed by atoms with Crippen molar-refractivity contribution in [3.8, 4) is 0 Å². The molecule has 0 saturated carbocycles. The molecular formula is C7H5N2NaO3S2. The van der Waals surface area contributed by atoms with Gasteiger partial charge in [-0.05, 0) is 12.1 Å². The van der Waals surface area contributed by atoms with Gasteiger partial charge in [0.2, 0.25) is 0 Å². The van der Waals surface area contributed by atoms with E-state index in [-0.39, 0.29) is 29.6 Å². The summed E-state index contributed by atoms with van der Waals surface area (Å²) in [5.74, 6) is 0. The summed E-state index contributed by atoms with van der Waals surface area (Å²) in [7, 11) is -4.69. The molecule has 8 heteroatoms. The van der Waals surface area contributed by atoms with Gasteiger partial charge in [-0.25, -0.2) is 18.4 Å². The molecule has 74 valence electrons. The van der Waals surface area contributed by atoms with Crippen LogP contribution in [0.1, 0.15) is 0 Å². The molecule has 0 atom stereocenters. The Hall–Kier alpha value is 0.0800. The number of rotatable bonds is 1. The van der Waals surface area contributed by atoms with Gasteiger partial charge in [0.05, 0.1) is 10.7 Å². The number of thiol groups is 1. The summed E-state index contributed by atoms with van der Waals surface area (Å²) in [6.45, 7) is 0. The molecule has 0 spiro atoms. The van der Waals surface area contributed by atoms with Crippen molar-refractivity contribution in [2.24, 2.45) is 9.98 Å². The van der Waals surface area contributed by atoms with Gasteiger partial charge in [-0.2, -0.15) is 0 Å². The first-order valence-electron chi connectivity index (χ1n) is 3.65. The monoisotopic (exact) mass is 252 g/mol. The van der Waals surface area contributed by atoms with Crippen LogP contribution >= 0.6 is 12.6 Å². The summed E-state index contributed by atoms with van der Waals surface area (Å²) in [5, 5.41) is 0.726. The van der Waals surface area contributed by atoms with Crippen molar-refractivity contribution >= 4 is 22.7 Å². The Labute approximate surface area is 114 Å². The Kier molecular flexibility index (Phi) is 3.64. The number of para-hydroxylation sites is 2. The fourth-order valence-electron chi connectivity index (χ4n) is 1.10. The zero-order valence-corrected chi connectivity index (χ0v) is 11.5. The minimum atomic E-state index is -4.69. The normalized spacial score (nSPS) is 16.9. The molecule has 0 aromatic heterocycles. The zero-order chi connectivity index (χ0) is 10.4. The molecule has 15 heavy (non-hydrogen) atoms. The van der Waals surface area contributed by atoms with E-state index in [2.05, 4.69) is 22.6 Å². The summed E-state index contributed by atoms with van der Waals surface area (Å²) >= 11 is 3.67. The second kappa shape index (κ2) is 4.15. The van der Waals surface area contributed by atoms with Gasteiger partial charge < -0.3 is 4.55 Å². The number of benzene rings is 1. The Balaban J connectivity index is 0.00000112. The van der Waals surface area contributed by atoms with E-state index in [0.29, 0.717) is 10.7 Å². The van der Waals surface area contributed by atoms with E-state index < -0.39 is 14.4 Å². The average molecular weight is 252 g/mol. The molecule has 0 fully saturated rings. The van der Waals surface area contributed by atoms with Crippen LogP contribution in [0.15, 0.2) is 34.3 Å². The molecule has 1 aromatic carbocycles. The summed E-state index contributed by atoms with van der Waals surface area (Å²) in [6.07, 6.45) is 0. The average Bonchev–Trinajstić information content (AvgIpc) is 2.40. The summed E-state index contributed by atoms with van der Waals surface area (Å²) in [5.41, 5.74) is 0. The predicted molar refractivity (Wildman–Crippen MR) is 50.2 cm³/mol. The fourth-order valence-corrected chi connectivity index (χ4v) is 1.74. The maximum absolute atomic E-state index is 10.8. The van der Waals surface area contributed by atoms with Crippen LogP contribution in [-0.2, 0) is 10.1 Å². The number of nitrogens with zero attached hydrogens (tertiary/aromatic N) is 2. The van der Waals surface area contributed by atoms with E-state index in [1.54, 1.807) is 24.3 Å². The molecular weight excluding hydrogens is 247 g/mol. The van der Waals surface area contributed by atoms with E-state index in [1.165, 1.54) is 0 Å². The van der Waals surface area contributed by atoms with Crippen molar-refractivity contribution in [1.82, 2.24) is 0 Å². The number of hydrogen-bond acceptors (Lipinski definition) is 6. The molecule has 0 N–H and O–H groups in total. The molecule has 0 radical (unpaired) electrons. The van der Waals surface area contributed by atoms with Gasteiger partial charge in [0.25, 0.3) is 4.33 Å². The second-order valence-corrected chi connectivity index (χ2v) is 5.14. The fraction of sp³-hybridized carbons (Fsp3) is 0.143. The van der Waals surface area contributed by atoms with Crippen LogP contribution < -0.4 is 40.3 Å². The summed E-state index contributed by atoms with van der Waals surface area (Å²) in [6, 6.07) is 6.49. The largest absolute Gasteiger partial charge is 1.00 e. The van der Waals surface area contributed by atoms with Gasteiger partial charge in [0.1, 0.15) is 0 Å². The molecule has 1 aromatic rings. The maximum Gasteiger partial charge on any atom is 1.00 e. The predicted octanol–water partition coefficient (Wildman–Crippen LogP) is -3.97. The van der Waals surface area contributed by atoms with Crippen molar-refractivity contribution in [2.45, 2.75) is 4.33 Å². The van der Waals surface area contributed by atoms with E-state index in [9.17, 15) is 13.0 Å². The standard InChI is InChI=1S/C7H6N2O3S2.Na/c10-14(11,12)7(13)8-5-3-1-2-4-6(5)9-7;/h1-4,13H,(H,10,11,12);/q;+1/p-1. The molecule has 0 saturated heterocycles. The van der Waals surface area contributed by atoms with Crippen molar-refractivity contribution < 1.29 is 42.5 Å².